The zero-order chi connectivity index (χ0) is 14.9. The highest BCUT2D eigenvalue weighted by Gasteiger charge is 2.42. The van der Waals surface area contributed by atoms with E-state index in [4.69, 9.17) is 4.74 Å². The maximum atomic E-state index is 9.57. The topological polar surface area (TPSA) is 61.7 Å². The second-order valence-corrected chi connectivity index (χ2v) is 5.41. The number of hydrogen-bond acceptors (Lipinski definition) is 3. The van der Waals surface area contributed by atoms with Crippen molar-refractivity contribution in [3.63, 3.8) is 0 Å². The van der Waals surface area contributed by atoms with Gasteiger partial charge in [0, 0.05) is 23.3 Å². The Hall–Kier alpha value is -2.38. The number of H-pyrrole nitrogens is 1. The number of pyridine rings is 1. The first-order valence-electron chi connectivity index (χ1n) is 7.03. The zero-order valence-electron chi connectivity index (χ0n) is 12.1. The molecule has 1 aliphatic carbocycles. The molecular formula is C17H17N3O. The molecule has 4 nitrogen and oxygen atoms in total. The van der Waals surface area contributed by atoms with Crippen LogP contribution in [0.5, 0.6) is 0 Å². The lowest BCUT2D eigenvalue weighted by Gasteiger charge is -2.36. The Labute approximate surface area is 123 Å². The van der Waals surface area contributed by atoms with Crippen LogP contribution in [0.2, 0.25) is 0 Å². The fourth-order valence-corrected chi connectivity index (χ4v) is 2.86. The number of nitrogens with one attached hydrogen (secondary N) is 1. The van der Waals surface area contributed by atoms with E-state index in [-0.39, 0.29) is 12.0 Å². The van der Waals surface area contributed by atoms with E-state index in [9.17, 15) is 5.26 Å². The molecule has 0 amide bonds. The molecule has 2 unspecified atom stereocenters. The second kappa shape index (κ2) is 5.19. The minimum atomic E-state index is -0.779. The monoisotopic (exact) mass is 279 g/mol. The minimum absolute atomic E-state index is 0.00128. The molecule has 0 aromatic carbocycles. The van der Waals surface area contributed by atoms with Gasteiger partial charge in [0.2, 0.25) is 0 Å². The number of allylic oxidation sites excluding steroid dienone is 2. The van der Waals surface area contributed by atoms with Crippen molar-refractivity contribution in [1.82, 2.24) is 9.97 Å². The van der Waals surface area contributed by atoms with Crippen molar-refractivity contribution in [3.8, 4) is 6.07 Å². The van der Waals surface area contributed by atoms with Gasteiger partial charge in [-0.3, -0.25) is 0 Å². The Morgan fingerprint density at radius 1 is 1.43 bits per heavy atom. The molecule has 0 aliphatic heterocycles. The molecule has 0 radical (unpaired) electrons. The van der Waals surface area contributed by atoms with E-state index in [1.165, 1.54) is 0 Å². The van der Waals surface area contributed by atoms with Crippen molar-refractivity contribution in [1.29, 1.82) is 5.26 Å². The fourth-order valence-electron chi connectivity index (χ4n) is 2.86. The summed E-state index contributed by atoms with van der Waals surface area (Å²) in [5.74, 6) is -0.371. The average molecular weight is 279 g/mol. The maximum Gasteiger partial charge on any atom is 0.137 e. The van der Waals surface area contributed by atoms with Crippen LogP contribution in [0.15, 0.2) is 48.8 Å². The number of rotatable bonds is 3. The van der Waals surface area contributed by atoms with Gasteiger partial charge in [-0.25, -0.2) is 4.98 Å². The van der Waals surface area contributed by atoms with Gasteiger partial charge >= 0.3 is 0 Å². The van der Waals surface area contributed by atoms with Crippen molar-refractivity contribution in [2.24, 2.45) is 5.92 Å². The van der Waals surface area contributed by atoms with Crippen LogP contribution in [0.4, 0.5) is 0 Å². The number of aromatic amines is 1. The first kappa shape index (κ1) is 13.6. The quantitative estimate of drug-likeness (QED) is 0.936. The van der Waals surface area contributed by atoms with Crippen molar-refractivity contribution in [3.05, 3.63) is 54.4 Å². The molecule has 3 rings (SSSR count). The Kier molecular flexibility index (Phi) is 3.36. The third-order valence-electron chi connectivity index (χ3n) is 3.66. The lowest BCUT2D eigenvalue weighted by Crippen LogP contribution is -2.38. The summed E-state index contributed by atoms with van der Waals surface area (Å²) in [5.41, 5.74) is 0.976. The van der Waals surface area contributed by atoms with Gasteiger partial charge in [-0.2, -0.15) is 5.26 Å². The smallest absolute Gasteiger partial charge is 0.137 e. The number of hydrogen-bond donors (Lipinski definition) is 1. The third kappa shape index (κ3) is 2.16. The summed E-state index contributed by atoms with van der Waals surface area (Å²) in [4.78, 5) is 7.49. The predicted octanol–water partition coefficient (Wildman–Crippen LogP) is 3.45. The van der Waals surface area contributed by atoms with E-state index in [0.29, 0.717) is 0 Å². The van der Waals surface area contributed by atoms with Crippen LogP contribution >= 0.6 is 0 Å². The molecule has 4 heteroatoms. The molecule has 1 N–H and O–H groups in total. The molecule has 0 spiro atoms. The van der Waals surface area contributed by atoms with Gasteiger partial charge < -0.3 is 9.72 Å². The SMILES string of the molecule is CC(C)OC1(c2c[nH]c3ncccc23)C=CC=CC1C#N. The minimum Gasteiger partial charge on any atom is -0.362 e. The normalized spacial score (nSPS) is 24.6. The lowest BCUT2D eigenvalue weighted by molar-refractivity contribution is -0.0661. The van der Waals surface area contributed by atoms with Gasteiger partial charge in [-0.05, 0) is 32.1 Å². The second-order valence-electron chi connectivity index (χ2n) is 5.41. The average Bonchev–Trinajstić information content (AvgIpc) is 2.91. The van der Waals surface area contributed by atoms with Crippen molar-refractivity contribution in [2.45, 2.75) is 25.6 Å². The van der Waals surface area contributed by atoms with E-state index >= 15 is 0 Å². The summed E-state index contributed by atoms with van der Waals surface area (Å²) >= 11 is 0. The van der Waals surface area contributed by atoms with Crippen LogP contribution in [-0.2, 0) is 10.3 Å². The van der Waals surface area contributed by atoms with E-state index in [1.807, 2.05) is 56.5 Å². The highest BCUT2D eigenvalue weighted by molar-refractivity contribution is 5.81. The molecule has 106 valence electrons. The Morgan fingerprint density at radius 3 is 3.05 bits per heavy atom. The van der Waals surface area contributed by atoms with Crippen LogP contribution < -0.4 is 0 Å². The van der Waals surface area contributed by atoms with Crippen molar-refractivity contribution < 1.29 is 4.74 Å². The largest absolute Gasteiger partial charge is 0.362 e. The summed E-state index contributed by atoms with van der Waals surface area (Å²) in [7, 11) is 0. The number of fused-ring (bicyclic) bond motifs is 1. The van der Waals surface area contributed by atoms with E-state index in [1.54, 1.807) is 6.20 Å². The molecule has 0 saturated heterocycles. The third-order valence-corrected chi connectivity index (χ3v) is 3.66. The number of nitrogens with zero attached hydrogens (tertiary/aromatic N) is 2. The molecule has 0 fully saturated rings. The summed E-state index contributed by atoms with van der Waals surface area (Å²) in [5, 5.41) is 10.6. The Balaban J connectivity index is 2.23. The molecule has 21 heavy (non-hydrogen) atoms. The van der Waals surface area contributed by atoms with Crippen LogP contribution in [0.3, 0.4) is 0 Å². The summed E-state index contributed by atoms with van der Waals surface area (Å²) < 4.78 is 6.23. The molecule has 1 aliphatic rings. The Morgan fingerprint density at radius 2 is 2.29 bits per heavy atom. The van der Waals surface area contributed by atoms with Gasteiger partial charge in [0.15, 0.2) is 0 Å². The first-order chi connectivity index (χ1) is 10.2. The van der Waals surface area contributed by atoms with Gasteiger partial charge in [0.1, 0.15) is 17.2 Å². The summed E-state index contributed by atoms with van der Waals surface area (Å²) in [6, 6.07) is 6.25. The molecule has 0 bridgehead atoms. The highest BCUT2D eigenvalue weighted by Crippen LogP contribution is 2.42. The lowest BCUT2D eigenvalue weighted by atomic mass is 9.79. The highest BCUT2D eigenvalue weighted by atomic mass is 16.5. The molecule has 0 saturated carbocycles. The van der Waals surface area contributed by atoms with E-state index < -0.39 is 5.60 Å². The Bertz CT molecular complexity index is 751. The van der Waals surface area contributed by atoms with Gasteiger partial charge in [-0.1, -0.05) is 18.2 Å². The molecular weight excluding hydrogens is 262 g/mol. The van der Waals surface area contributed by atoms with Crippen LogP contribution in [0.1, 0.15) is 19.4 Å². The van der Waals surface area contributed by atoms with Crippen LogP contribution in [0.25, 0.3) is 11.0 Å². The number of ether oxygens (including phenoxy) is 1. The molecule has 2 aromatic rings. The predicted molar refractivity (Wildman–Crippen MR) is 81.4 cm³/mol. The fraction of sp³-hybridized carbons (Fsp3) is 0.294. The van der Waals surface area contributed by atoms with Crippen LogP contribution in [0, 0.1) is 17.2 Å². The van der Waals surface area contributed by atoms with Crippen molar-refractivity contribution in [2.75, 3.05) is 0 Å². The number of nitriles is 1. The van der Waals surface area contributed by atoms with Crippen molar-refractivity contribution >= 4 is 11.0 Å². The van der Waals surface area contributed by atoms with Crippen LogP contribution in [-0.4, -0.2) is 16.1 Å². The summed E-state index contributed by atoms with van der Waals surface area (Å²) in [6.45, 7) is 3.96. The van der Waals surface area contributed by atoms with Gasteiger partial charge in [0.25, 0.3) is 0 Å². The molecule has 2 aromatic heterocycles. The number of aromatic nitrogens is 2. The zero-order valence-corrected chi connectivity index (χ0v) is 12.1. The standard InChI is InChI=1S/C17H17N3O/c1-12(2)21-17(8-4-3-6-13(17)10-18)15-11-20-16-14(15)7-5-9-19-16/h3-9,11-13H,1-2H3,(H,19,20). The maximum absolute atomic E-state index is 9.57. The molecule has 2 atom stereocenters. The summed E-state index contributed by atoms with van der Waals surface area (Å²) in [6.07, 6.45) is 11.3. The van der Waals surface area contributed by atoms with Gasteiger partial charge in [0.05, 0.1) is 12.2 Å². The van der Waals surface area contributed by atoms with E-state index in [0.717, 1.165) is 16.6 Å². The molecule has 2 heterocycles. The van der Waals surface area contributed by atoms with E-state index in [2.05, 4.69) is 16.0 Å². The van der Waals surface area contributed by atoms with Gasteiger partial charge in [-0.15, -0.1) is 0 Å². The first-order valence-corrected chi connectivity index (χ1v) is 7.03.